The minimum absolute atomic E-state index is 0.0462. The Morgan fingerprint density at radius 1 is 1.29 bits per heavy atom. The largest absolute Gasteiger partial charge is 0.495 e. The molecule has 0 spiro atoms. The van der Waals surface area contributed by atoms with Crippen LogP contribution in [-0.4, -0.2) is 43.0 Å². The molecule has 4 rings (SSSR count). The number of aromatic nitrogens is 2. The van der Waals surface area contributed by atoms with Gasteiger partial charge in [-0.15, -0.1) is 0 Å². The Hall–Kier alpha value is -2.71. The van der Waals surface area contributed by atoms with E-state index in [0.717, 1.165) is 10.4 Å². The molecule has 3 aromatic rings. The average Bonchev–Trinajstić information content (AvgIpc) is 3.36. The molecule has 1 aromatic carbocycles. The van der Waals surface area contributed by atoms with Crippen LogP contribution in [0.5, 0.6) is 5.75 Å². The predicted molar refractivity (Wildman–Crippen MR) is 103 cm³/mol. The molecule has 3 heterocycles. The third-order valence-electron chi connectivity index (χ3n) is 4.81. The molecule has 8 heteroatoms. The van der Waals surface area contributed by atoms with Crippen LogP contribution in [0.4, 0.5) is 0 Å². The third-order valence-corrected chi connectivity index (χ3v) is 6.56. The van der Waals surface area contributed by atoms with Gasteiger partial charge in [0.1, 0.15) is 11.9 Å². The highest BCUT2D eigenvalue weighted by Crippen LogP contribution is 2.28. The highest BCUT2D eigenvalue weighted by molar-refractivity contribution is 7.90. The van der Waals surface area contributed by atoms with Crippen LogP contribution in [-0.2, 0) is 26.0 Å². The smallest absolute Gasteiger partial charge is 0.269 e. The van der Waals surface area contributed by atoms with Gasteiger partial charge in [0.15, 0.2) is 11.4 Å². The van der Waals surface area contributed by atoms with E-state index in [1.165, 1.54) is 25.4 Å². The van der Waals surface area contributed by atoms with Gasteiger partial charge in [0.2, 0.25) is 0 Å². The summed E-state index contributed by atoms with van der Waals surface area (Å²) in [5, 5.41) is 0.592. The van der Waals surface area contributed by atoms with E-state index in [-0.39, 0.29) is 22.7 Å². The van der Waals surface area contributed by atoms with Gasteiger partial charge in [-0.05, 0) is 37.1 Å². The highest BCUT2D eigenvalue weighted by Gasteiger charge is 2.29. The number of hydrogen-bond donors (Lipinski definition) is 0. The summed E-state index contributed by atoms with van der Waals surface area (Å²) in [7, 11) is -2.41. The van der Waals surface area contributed by atoms with Gasteiger partial charge in [-0.25, -0.2) is 17.4 Å². The summed E-state index contributed by atoms with van der Waals surface area (Å²) in [5.41, 5.74) is 0.625. The van der Waals surface area contributed by atoms with Crippen molar-refractivity contribution in [1.29, 1.82) is 0 Å². The van der Waals surface area contributed by atoms with E-state index in [1.54, 1.807) is 30.3 Å². The maximum atomic E-state index is 13.3. The van der Waals surface area contributed by atoms with Crippen molar-refractivity contribution in [2.24, 2.45) is 0 Å². The number of carbonyl (C=O) groups excluding carboxylic acids is 1. The summed E-state index contributed by atoms with van der Waals surface area (Å²) in [5.74, 6) is 0.385. The summed E-state index contributed by atoms with van der Waals surface area (Å²) in [6, 6.07) is 11.5. The first-order chi connectivity index (χ1) is 13.5. The standard InChI is InChI=1S/C20H20N2O5S/c1-26-16-11-14-10-15(12-18(23)19-8-5-9-27-19)22(20(14)21-13-16)28(24,25)17-6-3-2-4-7-17/h2-4,6-7,10-11,13,19H,5,8-9,12H2,1H3. The number of nitrogens with zero attached hydrogens (tertiary/aromatic N) is 2. The number of hydrogen-bond acceptors (Lipinski definition) is 6. The van der Waals surface area contributed by atoms with Gasteiger partial charge in [0, 0.05) is 17.7 Å². The van der Waals surface area contributed by atoms with Crippen LogP contribution >= 0.6 is 0 Å². The fourth-order valence-electron chi connectivity index (χ4n) is 3.43. The maximum Gasteiger partial charge on any atom is 0.269 e. The van der Waals surface area contributed by atoms with Crippen LogP contribution in [0.25, 0.3) is 11.0 Å². The van der Waals surface area contributed by atoms with Gasteiger partial charge >= 0.3 is 0 Å². The van der Waals surface area contributed by atoms with Crippen molar-refractivity contribution >= 4 is 26.8 Å². The Kier molecular flexibility index (Phi) is 4.91. The van der Waals surface area contributed by atoms with Crippen molar-refractivity contribution in [2.45, 2.75) is 30.3 Å². The number of ketones is 1. The summed E-state index contributed by atoms with van der Waals surface area (Å²) in [6.07, 6.45) is 2.44. The normalized spacial score (nSPS) is 17.1. The maximum absolute atomic E-state index is 13.3. The number of carbonyl (C=O) groups is 1. The number of Topliss-reactive ketones (excluding diaryl/α,β-unsaturated/α-hetero) is 1. The lowest BCUT2D eigenvalue weighted by molar-refractivity contribution is -0.127. The summed E-state index contributed by atoms with van der Waals surface area (Å²) in [4.78, 5) is 17.1. The summed E-state index contributed by atoms with van der Waals surface area (Å²) < 4.78 is 38.5. The van der Waals surface area contributed by atoms with Crippen LogP contribution in [0.1, 0.15) is 18.5 Å². The molecule has 0 radical (unpaired) electrons. The molecular weight excluding hydrogens is 380 g/mol. The zero-order chi connectivity index (χ0) is 19.7. The molecule has 146 valence electrons. The summed E-state index contributed by atoms with van der Waals surface area (Å²) >= 11 is 0. The second kappa shape index (κ2) is 7.37. The molecule has 2 aromatic heterocycles. The molecule has 1 fully saturated rings. The van der Waals surface area contributed by atoms with E-state index in [2.05, 4.69) is 4.98 Å². The zero-order valence-electron chi connectivity index (χ0n) is 15.4. The van der Waals surface area contributed by atoms with Crippen molar-refractivity contribution in [3.8, 4) is 5.75 Å². The van der Waals surface area contributed by atoms with Gasteiger partial charge in [-0.1, -0.05) is 18.2 Å². The van der Waals surface area contributed by atoms with E-state index in [4.69, 9.17) is 9.47 Å². The molecular formula is C20H20N2O5S. The molecule has 7 nitrogen and oxygen atoms in total. The van der Waals surface area contributed by atoms with Gasteiger partial charge < -0.3 is 9.47 Å². The van der Waals surface area contributed by atoms with Crippen LogP contribution < -0.4 is 4.74 Å². The molecule has 0 N–H and O–H groups in total. The van der Waals surface area contributed by atoms with Gasteiger partial charge in [-0.3, -0.25) is 4.79 Å². The SMILES string of the molecule is COc1cnc2c(c1)cc(CC(=O)C1CCCO1)n2S(=O)(=O)c1ccccc1. The lowest BCUT2D eigenvalue weighted by Crippen LogP contribution is -2.24. The first-order valence-corrected chi connectivity index (χ1v) is 10.4. The van der Waals surface area contributed by atoms with E-state index in [9.17, 15) is 13.2 Å². The monoisotopic (exact) mass is 400 g/mol. The van der Waals surface area contributed by atoms with Gasteiger partial charge in [-0.2, -0.15) is 0 Å². The number of methoxy groups -OCH3 is 1. The third kappa shape index (κ3) is 3.29. The highest BCUT2D eigenvalue weighted by atomic mass is 32.2. The molecule has 1 atom stereocenters. The molecule has 1 aliphatic rings. The van der Waals surface area contributed by atoms with Gasteiger partial charge in [0.05, 0.1) is 24.6 Å². The number of ether oxygens (including phenoxy) is 2. The van der Waals surface area contributed by atoms with Crippen LogP contribution in [0.15, 0.2) is 53.6 Å². The second-order valence-electron chi connectivity index (χ2n) is 6.65. The minimum atomic E-state index is -3.92. The molecule has 0 aliphatic carbocycles. The molecule has 1 unspecified atom stereocenters. The van der Waals surface area contributed by atoms with Crippen molar-refractivity contribution in [3.63, 3.8) is 0 Å². The average molecular weight is 400 g/mol. The zero-order valence-corrected chi connectivity index (χ0v) is 16.2. The molecule has 1 aliphatic heterocycles. The van der Waals surface area contributed by atoms with Crippen molar-refractivity contribution in [3.05, 3.63) is 54.4 Å². The number of rotatable bonds is 6. The van der Waals surface area contributed by atoms with E-state index < -0.39 is 16.1 Å². The van der Waals surface area contributed by atoms with Crippen molar-refractivity contribution in [1.82, 2.24) is 8.96 Å². The number of benzene rings is 1. The van der Waals surface area contributed by atoms with Gasteiger partial charge in [0.25, 0.3) is 10.0 Å². The van der Waals surface area contributed by atoms with Crippen molar-refractivity contribution in [2.75, 3.05) is 13.7 Å². The fourth-order valence-corrected chi connectivity index (χ4v) is 4.95. The molecule has 0 bridgehead atoms. The lowest BCUT2D eigenvalue weighted by Gasteiger charge is -2.13. The minimum Gasteiger partial charge on any atom is -0.495 e. The Morgan fingerprint density at radius 2 is 2.07 bits per heavy atom. The first-order valence-electron chi connectivity index (χ1n) is 9.00. The Bertz CT molecular complexity index is 1120. The topological polar surface area (TPSA) is 87.5 Å². The van der Waals surface area contributed by atoms with Crippen LogP contribution in [0.2, 0.25) is 0 Å². The molecule has 28 heavy (non-hydrogen) atoms. The number of pyridine rings is 1. The lowest BCUT2D eigenvalue weighted by atomic mass is 10.1. The van der Waals surface area contributed by atoms with E-state index in [1.807, 2.05) is 0 Å². The predicted octanol–water partition coefficient (Wildman–Crippen LogP) is 2.57. The second-order valence-corrected chi connectivity index (χ2v) is 8.44. The molecule has 0 amide bonds. The Morgan fingerprint density at radius 3 is 2.75 bits per heavy atom. The number of fused-ring (bicyclic) bond motifs is 1. The Labute approximate surface area is 163 Å². The van der Waals surface area contributed by atoms with Crippen LogP contribution in [0.3, 0.4) is 0 Å². The summed E-state index contributed by atoms with van der Waals surface area (Å²) in [6.45, 7) is 0.556. The molecule has 0 saturated carbocycles. The quantitative estimate of drug-likeness (QED) is 0.632. The van der Waals surface area contributed by atoms with E-state index >= 15 is 0 Å². The van der Waals surface area contributed by atoms with Crippen molar-refractivity contribution < 1.29 is 22.7 Å². The Balaban J connectivity index is 1.85. The van der Waals surface area contributed by atoms with Crippen LogP contribution in [0, 0.1) is 0 Å². The van der Waals surface area contributed by atoms with E-state index in [0.29, 0.717) is 29.9 Å². The molecule has 1 saturated heterocycles. The fraction of sp³-hybridized carbons (Fsp3) is 0.300. The first kappa shape index (κ1) is 18.6.